The molecule has 8 heteroatoms. The maximum absolute atomic E-state index is 12.3. The van der Waals surface area contributed by atoms with Gasteiger partial charge < -0.3 is 10.7 Å². The Labute approximate surface area is 105 Å². The molecule has 1 aromatic heterocycles. The summed E-state index contributed by atoms with van der Waals surface area (Å²) in [5.74, 6) is -0.315. The van der Waals surface area contributed by atoms with Crippen LogP contribution in [0.15, 0.2) is 11.2 Å². The zero-order valence-electron chi connectivity index (χ0n) is 10.1. The summed E-state index contributed by atoms with van der Waals surface area (Å²) < 4.78 is 25.8. The van der Waals surface area contributed by atoms with Crippen molar-refractivity contribution in [3.63, 3.8) is 0 Å². The van der Waals surface area contributed by atoms with Gasteiger partial charge in [-0.2, -0.15) is 4.31 Å². The fourth-order valence-corrected chi connectivity index (χ4v) is 3.55. The quantitative estimate of drug-likeness (QED) is 0.780. The number of aromatic amines is 1. The number of hydrogen-bond donors (Lipinski definition) is 2. The van der Waals surface area contributed by atoms with Gasteiger partial charge in [-0.1, -0.05) is 0 Å². The van der Waals surface area contributed by atoms with Gasteiger partial charge in [0, 0.05) is 13.1 Å². The number of hydrogen-bond acceptors (Lipinski definition) is 4. The number of carbonyl (C=O) groups excluding carboxylic acids is 1. The molecule has 0 spiro atoms. The molecule has 1 atom stereocenters. The molecule has 1 saturated heterocycles. The van der Waals surface area contributed by atoms with Crippen molar-refractivity contribution >= 4 is 15.9 Å². The Morgan fingerprint density at radius 3 is 2.89 bits per heavy atom. The molecule has 18 heavy (non-hydrogen) atoms. The predicted octanol–water partition coefficient (Wildman–Crippen LogP) is -0.396. The van der Waals surface area contributed by atoms with Crippen LogP contribution in [0.4, 0.5) is 0 Å². The van der Waals surface area contributed by atoms with Crippen LogP contribution in [0.3, 0.4) is 0 Å². The molecule has 1 aromatic rings. The number of sulfonamides is 1. The molecule has 7 nitrogen and oxygen atoms in total. The minimum atomic E-state index is -3.60. The maximum atomic E-state index is 12.3. The highest BCUT2D eigenvalue weighted by Crippen LogP contribution is 2.22. The second kappa shape index (κ2) is 4.69. The second-order valence-corrected chi connectivity index (χ2v) is 6.34. The standard InChI is InChI=1S/C10H16N4O3S/c1-7-12-5-9(13-7)18(16,17)14-4-2-3-8(6-14)10(11)15/h5,8H,2-4,6H2,1H3,(H2,11,15)(H,12,13). The van der Waals surface area contributed by atoms with Crippen LogP contribution in [-0.4, -0.2) is 41.7 Å². The summed E-state index contributed by atoms with van der Waals surface area (Å²) in [6.07, 6.45) is 2.57. The third-order valence-corrected chi connectivity index (χ3v) is 4.86. The molecule has 2 heterocycles. The lowest BCUT2D eigenvalue weighted by molar-refractivity contribution is -0.122. The van der Waals surface area contributed by atoms with Crippen LogP contribution in [0.2, 0.25) is 0 Å². The molecule has 1 amide bonds. The number of nitrogens with zero attached hydrogens (tertiary/aromatic N) is 2. The number of carbonyl (C=O) groups is 1. The highest BCUT2D eigenvalue weighted by Gasteiger charge is 2.33. The first-order chi connectivity index (χ1) is 8.41. The van der Waals surface area contributed by atoms with Crippen molar-refractivity contribution in [2.75, 3.05) is 13.1 Å². The lowest BCUT2D eigenvalue weighted by Crippen LogP contribution is -2.44. The summed E-state index contributed by atoms with van der Waals surface area (Å²) in [5, 5.41) is 0.0603. The van der Waals surface area contributed by atoms with E-state index in [1.54, 1.807) is 6.92 Å². The number of nitrogens with two attached hydrogens (primary N) is 1. The number of aryl methyl sites for hydroxylation is 1. The molecule has 0 radical (unpaired) electrons. The molecule has 1 unspecified atom stereocenters. The predicted molar refractivity (Wildman–Crippen MR) is 64.0 cm³/mol. The molecule has 1 aliphatic heterocycles. The summed E-state index contributed by atoms with van der Waals surface area (Å²) >= 11 is 0. The number of imidazole rings is 1. The van der Waals surface area contributed by atoms with Gasteiger partial charge in [0.05, 0.1) is 12.1 Å². The molecule has 0 bridgehead atoms. The van der Waals surface area contributed by atoms with Crippen LogP contribution in [0.1, 0.15) is 18.7 Å². The molecule has 1 fully saturated rings. The number of amides is 1. The molecule has 0 saturated carbocycles. The van der Waals surface area contributed by atoms with E-state index >= 15 is 0 Å². The Kier molecular flexibility index (Phi) is 3.40. The van der Waals surface area contributed by atoms with Gasteiger partial charge in [-0.3, -0.25) is 4.79 Å². The van der Waals surface area contributed by atoms with E-state index in [4.69, 9.17) is 5.73 Å². The Hall–Kier alpha value is -1.41. The normalized spacial score (nSPS) is 21.9. The van der Waals surface area contributed by atoms with Crippen LogP contribution in [0.25, 0.3) is 0 Å². The Morgan fingerprint density at radius 2 is 2.33 bits per heavy atom. The van der Waals surface area contributed by atoms with Crippen molar-refractivity contribution in [1.29, 1.82) is 0 Å². The largest absolute Gasteiger partial charge is 0.369 e. The molecule has 2 rings (SSSR count). The zero-order valence-corrected chi connectivity index (χ0v) is 10.9. The van der Waals surface area contributed by atoms with Gasteiger partial charge in [-0.25, -0.2) is 13.4 Å². The van der Waals surface area contributed by atoms with E-state index < -0.39 is 21.8 Å². The van der Waals surface area contributed by atoms with Gasteiger partial charge >= 0.3 is 0 Å². The van der Waals surface area contributed by atoms with Crippen LogP contribution < -0.4 is 5.73 Å². The van der Waals surface area contributed by atoms with Gasteiger partial charge in [-0.15, -0.1) is 0 Å². The average molecular weight is 272 g/mol. The highest BCUT2D eigenvalue weighted by molar-refractivity contribution is 7.89. The Balaban J connectivity index is 2.22. The van der Waals surface area contributed by atoms with Crippen LogP contribution in [0.5, 0.6) is 0 Å². The fourth-order valence-electron chi connectivity index (χ4n) is 2.06. The van der Waals surface area contributed by atoms with Crippen molar-refractivity contribution in [3.05, 3.63) is 12.0 Å². The summed E-state index contributed by atoms with van der Waals surface area (Å²) in [6, 6.07) is 0. The first-order valence-corrected chi connectivity index (χ1v) is 7.16. The monoisotopic (exact) mass is 272 g/mol. The van der Waals surface area contributed by atoms with Gasteiger partial charge in [0.25, 0.3) is 10.0 Å². The SMILES string of the molecule is Cc1ncc(S(=O)(=O)N2CCCC(C(N)=O)C2)[nH]1. The topological polar surface area (TPSA) is 109 Å². The highest BCUT2D eigenvalue weighted by atomic mass is 32.2. The van der Waals surface area contributed by atoms with Crippen molar-refractivity contribution in [2.45, 2.75) is 24.8 Å². The first kappa shape index (κ1) is 13.0. The third kappa shape index (κ3) is 2.39. The summed E-state index contributed by atoms with van der Waals surface area (Å²) in [5.41, 5.74) is 5.23. The Bertz CT molecular complexity index is 551. The zero-order chi connectivity index (χ0) is 13.3. The first-order valence-electron chi connectivity index (χ1n) is 5.72. The number of rotatable bonds is 3. The number of aromatic nitrogens is 2. The molecule has 100 valence electrons. The smallest absolute Gasteiger partial charge is 0.260 e. The average Bonchev–Trinajstić information content (AvgIpc) is 2.77. The second-order valence-electron chi connectivity index (χ2n) is 4.44. The molecule has 0 aromatic carbocycles. The van der Waals surface area contributed by atoms with E-state index in [2.05, 4.69) is 9.97 Å². The van der Waals surface area contributed by atoms with Gasteiger partial charge in [-0.05, 0) is 19.8 Å². The lowest BCUT2D eigenvalue weighted by atomic mass is 9.99. The van der Waals surface area contributed by atoms with E-state index in [1.165, 1.54) is 10.5 Å². The fraction of sp³-hybridized carbons (Fsp3) is 0.600. The van der Waals surface area contributed by atoms with E-state index in [0.717, 1.165) is 0 Å². The van der Waals surface area contributed by atoms with E-state index in [1.807, 2.05) is 0 Å². The van der Waals surface area contributed by atoms with Crippen molar-refractivity contribution in [3.8, 4) is 0 Å². The molecular formula is C10H16N4O3S. The van der Waals surface area contributed by atoms with Crippen molar-refractivity contribution in [1.82, 2.24) is 14.3 Å². The van der Waals surface area contributed by atoms with Crippen LogP contribution >= 0.6 is 0 Å². The molecule has 1 aliphatic rings. The van der Waals surface area contributed by atoms with E-state index in [9.17, 15) is 13.2 Å². The third-order valence-electron chi connectivity index (χ3n) is 3.08. The minimum Gasteiger partial charge on any atom is -0.369 e. The molecule has 0 aliphatic carbocycles. The summed E-state index contributed by atoms with van der Waals surface area (Å²) in [7, 11) is -3.60. The summed E-state index contributed by atoms with van der Waals surface area (Å²) in [4.78, 5) is 17.7. The Morgan fingerprint density at radius 1 is 1.61 bits per heavy atom. The minimum absolute atomic E-state index is 0.0603. The molecule has 3 N–H and O–H groups in total. The molecular weight excluding hydrogens is 256 g/mol. The number of H-pyrrole nitrogens is 1. The number of piperidine rings is 1. The number of nitrogens with one attached hydrogen (secondary N) is 1. The van der Waals surface area contributed by atoms with E-state index in [0.29, 0.717) is 25.2 Å². The van der Waals surface area contributed by atoms with E-state index in [-0.39, 0.29) is 11.6 Å². The van der Waals surface area contributed by atoms with Gasteiger partial charge in [0.1, 0.15) is 5.82 Å². The van der Waals surface area contributed by atoms with Gasteiger partial charge in [0.15, 0.2) is 5.03 Å². The van der Waals surface area contributed by atoms with Crippen LogP contribution in [-0.2, 0) is 14.8 Å². The van der Waals surface area contributed by atoms with Crippen molar-refractivity contribution < 1.29 is 13.2 Å². The maximum Gasteiger partial charge on any atom is 0.260 e. The lowest BCUT2D eigenvalue weighted by Gasteiger charge is -2.29. The van der Waals surface area contributed by atoms with Crippen LogP contribution in [0, 0.1) is 12.8 Å². The number of primary amides is 1. The van der Waals surface area contributed by atoms with Gasteiger partial charge in [0.2, 0.25) is 5.91 Å². The summed E-state index contributed by atoms with van der Waals surface area (Å²) in [6.45, 7) is 2.24. The van der Waals surface area contributed by atoms with Crippen molar-refractivity contribution in [2.24, 2.45) is 11.7 Å².